The number of anilines is 6. The van der Waals surface area contributed by atoms with Gasteiger partial charge < -0.3 is 30.1 Å². The summed E-state index contributed by atoms with van der Waals surface area (Å²) in [5.41, 5.74) is 3.40. The lowest BCUT2D eigenvalue weighted by atomic mass is 10.0. The first-order valence-electron chi connectivity index (χ1n) is 14.1. The molecule has 0 bridgehead atoms. The van der Waals surface area contributed by atoms with Gasteiger partial charge in [0.1, 0.15) is 10.8 Å². The molecule has 11 nitrogen and oxygen atoms in total. The van der Waals surface area contributed by atoms with Crippen LogP contribution in [0.15, 0.2) is 30.5 Å². The third-order valence-electron chi connectivity index (χ3n) is 7.45. The van der Waals surface area contributed by atoms with Crippen LogP contribution in [0.25, 0.3) is 0 Å². The molecule has 1 saturated heterocycles. The smallest absolute Gasteiger partial charge is 0.229 e. The number of piperidine rings is 1. The van der Waals surface area contributed by atoms with Crippen LogP contribution >= 0.6 is 34.8 Å². The number of rotatable bonds is 12. The average Bonchev–Trinajstić information content (AvgIpc) is 2.95. The molecule has 240 valence electrons. The van der Waals surface area contributed by atoms with Gasteiger partial charge in [0.15, 0.2) is 5.82 Å². The van der Waals surface area contributed by atoms with E-state index in [1.54, 1.807) is 7.11 Å². The Labute approximate surface area is 274 Å². The van der Waals surface area contributed by atoms with Crippen molar-refractivity contribution < 1.29 is 13.2 Å². The first kappa shape index (κ1) is 34.1. The summed E-state index contributed by atoms with van der Waals surface area (Å²) in [4.78, 5) is 16.0. The van der Waals surface area contributed by atoms with Crippen molar-refractivity contribution in [2.75, 3.05) is 80.9 Å². The molecule has 15 heteroatoms. The third kappa shape index (κ3) is 8.92. The molecule has 2 aromatic carbocycles. The van der Waals surface area contributed by atoms with Crippen LogP contribution < -0.4 is 25.0 Å². The average molecular weight is 686 g/mol. The van der Waals surface area contributed by atoms with Crippen molar-refractivity contribution >= 4 is 79.3 Å². The second kappa shape index (κ2) is 14.6. The summed E-state index contributed by atoms with van der Waals surface area (Å²) in [5, 5.41) is 6.88. The molecule has 0 saturated carbocycles. The number of hydrogen-bond acceptors (Lipinski definition) is 10. The number of aryl methyl sites for hydroxylation is 1. The predicted molar refractivity (Wildman–Crippen MR) is 183 cm³/mol. The lowest BCUT2D eigenvalue weighted by Gasteiger charge is -2.39. The fourth-order valence-corrected chi connectivity index (χ4v) is 6.10. The molecule has 1 aliphatic rings. The van der Waals surface area contributed by atoms with Crippen LogP contribution in [0.3, 0.4) is 0 Å². The van der Waals surface area contributed by atoms with Crippen LogP contribution in [-0.4, -0.2) is 94.9 Å². The van der Waals surface area contributed by atoms with Crippen LogP contribution in [0.5, 0.6) is 5.75 Å². The van der Waals surface area contributed by atoms with Crippen molar-refractivity contribution in [1.29, 1.82) is 0 Å². The number of likely N-dealkylation sites (N-methyl/N-ethyl adjacent to an activating group) is 2. The molecule has 1 aliphatic heterocycles. The third-order valence-corrected chi connectivity index (χ3v) is 9.04. The molecule has 0 unspecified atom stereocenters. The Morgan fingerprint density at radius 2 is 1.61 bits per heavy atom. The predicted octanol–water partition coefficient (Wildman–Crippen LogP) is 6.07. The van der Waals surface area contributed by atoms with E-state index in [4.69, 9.17) is 39.5 Å². The summed E-state index contributed by atoms with van der Waals surface area (Å²) in [5.74, 6) is 1.12. The van der Waals surface area contributed by atoms with E-state index in [1.807, 2.05) is 12.1 Å². The maximum atomic E-state index is 11.9. The number of hydrogen-bond donors (Lipinski definition) is 3. The number of nitrogens with one attached hydrogen (secondary N) is 3. The fourth-order valence-electron chi connectivity index (χ4n) is 5.07. The Morgan fingerprint density at radius 1 is 0.955 bits per heavy atom. The second-order valence-electron chi connectivity index (χ2n) is 11.2. The zero-order valence-corrected chi connectivity index (χ0v) is 28.8. The van der Waals surface area contributed by atoms with Gasteiger partial charge in [0.25, 0.3) is 0 Å². The van der Waals surface area contributed by atoms with Crippen molar-refractivity contribution in [1.82, 2.24) is 19.8 Å². The van der Waals surface area contributed by atoms with Gasteiger partial charge in [-0.25, -0.2) is 13.4 Å². The van der Waals surface area contributed by atoms with Gasteiger partial charge in [-0.05, 0) is 64.7 Å². The molecule has 0 amide bonds. The van der Waals surface area contributed by atoms with Crippen molar-refractivity contribution in [3.05, 3.63) is 51.1 Å². The van der Waals surface area contributed by atoms with Crippen molar-refractivity contribution in [3.63, 3.8) is 0 Å². The van der Waals surface area contributed by atoms with Gasteiger partial charge in [0, 0.05) is 44.0 Å². The lowest BCUT2D eigenvalue weighted by Crippen LogP contribution is -2.45. The number of methoxy groups -OCH3 is 1. The van der Waals surface area contributed by atoms with Crippen molar-refractivity contribution in [2.45, 2.75) is 25.8 Å². The molecular formula is C29H39Cl3N8O3S. The highest BCUT2D eigenvalue weighted by molar-refractivity contribution is 7.92. The normalized spacial score (nSPS) is 14.3. The van der Waals surface area contributed by atoms with Crippen LogP contribution in [0, 0.1) is 6.92 Å². The first-order chi connectivity index (χ1) is 20.7. The van der Waals surface area contributed by atoms with Gasteiger partial charge in [-0.1, -0.05) is 34.8 Å². The standard InChI is InChI=1S/C29H39Cl3N8O3S/c1-18-13-25(27(43-5)16-26(18)40-9-7-19(8-10-40)39(4)12-11-38(2)3)35-29-33-17-22(32)28(36-29)34-23-14-20(30)21(31)15-24(23)37-44(6,41)42/h13-17,19,37H,7-12H2,1-6H3,(H2,33,34,35,36). The van der Waals surface area contributed by atoms with E-state index in [-0.39, 0.29) is 32.5 Å². The van der Waals surface area contributed by atoms with Gasteiger partial charge >= 0.3 is 0 Å². The number of ether oxygens (including phenoxy) is 1. The van der Waals surface area contributed by atoms with E-state index in [0.29, 0.717) is 23.2 Å². The molecular weight excluding hydrogens is 647 g/mol. The molecule has 0 atom stereocenters. The molecule has 1 fully saturated rings. The summed E-state index contributed by atoms with van der Waals surface area (Å²) < 4.78 is 32.0. The highest BCUT2D eigenvalue weighted by Crippen LogP contribution is 2.38. The van der Waals surface area contributed by atoms with Crippen LogP contribution in [0.1, 0.15) is 18.4 Å². The number of sulfonamides is 1. The molecule has 44 heavy (non-hydrogen) atoms. The number of halogens is 3. The van der Waals surface area contributed by atoms with Gasteiger partial charge in [0.05, 0.1) is 46.7 Å². The zero-order valence-electron chi connectivity index (χ0n) is 25.7. The first-order valence-corrected chi connectivity index (χ1v) is 17.1. The number of benzene rings is 2. The largest absolute Gasteiger partial charge is 0.494 e. The lowest BCUT2D eigenvalue weighted by molar-refractivity contribution is 0.190. The Bertz CT molecular complexity index is 1580. The molecule has 0 aliphatic carbocycles. The van der Waals surface area contributed by atoms with E-state index in [2.05, 4.69) is 68.1 Å². The topological polar surface area (TPSA) is 115 Å². The fraction of sp³-hybridized carbons (Fsp3) is 0.448. The molecule has 0 radical (unpaired) electrons. The Morgan fingerprint density at radius 3 is 2.23 bits per heavy atom. The molecule has 3 aromatic rings. The van der Waals surface area contributed by atoms with Gasteiger partial charge in [-0.15, -0.1) is 0 Å². The van der Waals surface area contributed by atoms with E-state index in [1.165, 1.54) is 18.3 Å². The van der Waals surface area contributed by atoms with Crippen LogP contribution in [0.4, 0.5) is 34.5 Å². The maximum absolute atomic E-state index is 11.9. The summed E-state index contributed by atoms with van der Waals surface area (Å²) >= 11 is 18.8. The van der Waals surface area contributed by atoms with Crippen LogP contribution in [0.2, 0.25) is 15.1 Å². The molecule has 4 rings (SSSR count). The minimum atomic E-state index is -3.61. The molecule has 3 N–H and O–H groups in total. The molecule has 1 aromatic heterocycles. The summed E-state index contributed by atoms with van der Waals surface area (Å²) in [7, 11) is 4.45. The van der Waals surface area contributed by atoms with Crippen molar-refractivity contribution in [2.24, 2.45) is 0 Å². The number of aromatic nitrogens is 2. The van der Waals surface area contributed by atoms with E-state index >= 15 is 0 Å². The number of nitrogens with zero attached hydrogens (tertiary/aromatic N) is 5. The Balaban J connectivity index is 1.52. The quantitative estimate of drug-likeness (QED) is 0.207. The summed E-state index contributed by atoms with van der Waals surface area (Å²) in [6, 6.07) is 7.52. The Hall–Kier alpha value is -2.74. The van der Waals surface area contributed by atoms with Crippen LogP contribution in [-0.2, 0) is 10.0 Å². The highest BCUT2D eigenvalue weighted by atomic mass is 35.5. The molecule has 2 heterocycles. The summed E-state index contributed by atoms with van der Waals surface area (Å²) in [6.45, 7) is 6.11. The van der Waals surface area contributed by atoms with Gasteiger partial charge in [-0.2, -0.15) is 4.98 Å². The van der Waals surface area contributed by atoms with E-state index in [9.17, 15) is 8.42 Å². The highest BCUT2D eigenvalue weighted by Gasteiger charge is 2.24. The van der Waals surface area contributed by atoms with E-state index < -0.39 is 10.0 Å². The monoisotopic (exact) mass is 684 g/mol. The second-order valence-corrected chi connectivity index (χ2v) is 14.1. The maximum Gasteiger partial charge on any atom is 0.229 e. The zero-order chi connectivity index (χ0) is 32.2. The minimum Gasteiger partial charge on any atom is -0.494 e. The summed E-state index contributed by atoms with van der Waals surface area (Å²) in [6.07, 6.45) is 4.67. The van der Waals surface area contributed by atoms with Crippen molar-refractivity contribution in [3.8, 4) is 5.75 Å². The van der Waals surface area contributed by atoms with Gasteiger partial charge in [-0.3, -0.25) is 4.72 Å². The minimum absolute atomic E-state index is 0.183. The SMILES string of the molecule is COc1cc(N2CCC(N(C)CCN(C)C)CC2)c(C)cc1Nc1ncc(Cl)c(Nc2cc(Cl)c(Cl)cc2NS(C)(=O)=O)n1. The van der Waals surface area contributed by atoms with E-state index in [0.717, 1.165) is 56.5 Å². The van der Waals surface area contributed by atoms with Gasteiger partial charge in [0.2, 0.25) is 16.0 Å². The Kier molecular flexibility index (Phi) is 11.3. The molecule has 0 spiro atoms.